The quantitative estimate of drug-likeness (QED) is 0.526. The van der Waals surface area contributed by atoms with Gasteiger partial charge in [-0.05, 0) is 56.2 Å². The molecule has 0 bridgehead atoms. The summed E-state index contributed by atoms with van der Waals surface area (Å²) in [4.78, 5) is 15.9. The van der Waals surface area contributed by atoms with Crippen LogP contribution in [0.5, 0.6) is 5.75 Å². The Labute approximate surface area is 176 Å². The first-order valence-corrected chi connectivity index (χ1v) is 10.1. The van der Waals surface area contributed by atoms with E-state index in [1.165, 1.54) is 0 Å². The summed E-state index contributed by atoms with van der Waals surface area (Å²) in [6.45, 7) is 6.48. The first kappa shape index (κ1) is 21.6. The summed E-state index contributed by atoms with van der Waals surface area (Å²) in [7, 11) is 0. The average Bonchev–Trinajstić information content (AvgIpc) is 3.10. The van der Waals surface area contributed by atoms with E-state index in [0.29, 0.717) is 31.9 Å². The molecule has 1 atom stereocenters. The normalized spacial score (nSPS) is 12.0. The number of ether oxygens (including phenoxy) is 2. The highest BCUT2D eigenvalue weighted by Gasteiger charge is 2.19. The lowest BCUT2D eigenvalue weighted by atomic mass is 10.0. The van der Waals surface area contributed by atoms with Gasteiger partial charge in [0.25, 0.3) is 0 Å². The van der Waals surface area contributed by atoms with E-state index in [9.17, 15) is 9.90 Å². The number of benzene rings is 2. The molecule has 6 heteroatoms. The summed E-state index contributed by atoms with van der Waals surface area (Å²) in [6, 6.07) is 15.5. The van der Waals surface area contributed by atoms with E-state index in [-0.39, 0.29) is 0 Å². The summed E-state index contributed by atoms with van der Waals surface area (Å²) in [5, 5.41) is 9.27. The van der Waals surface area contributed by atoms with Crippen LogP contribution < -0.4 is 4.74 Å². The molecule has 0 aliphatic rings. The number of carboxylic acids is 1. The molecule has 1 N–H and O–H groups in total. The van der Waals surface area contributed by atoms with Gasteiger partial charge in [0.2, 0.25) is 5.89 Å². The second kappa shape index (κ2) is 10.1. The van der Waals surface area contributed by atoms with Gasteiger partial charge in [0, 0.05) is 25.0 Å². The van der Waals surface area contributed by atoms with Crippen molar-refractivity contribution in [3.63, 3.8) is 0 Å². The zero-order valence-electron chi connectivity index (χ0n) is 17.6. The van der Waals surface area contributed by atoms with E-state index in [1.54, 1.807) is 6.92 Å². The van der Waals surface area contributed by atoms with E-state index in [0.717, 1.165) is 33.9 Å². The van der Waals surface area contributed by atoms with Crippen molar-refractivity contribution in [1.29, 1.82) is 0 Å². The summed E-state index contributed by atoms with van der Waals surface area (Å²) in [5.41, 5.74) is 3.74. The summed E-state index contributed by atoms with van der Waals surface area (Å²) >= 11 is 0. The van der Waals surface area contributed by atoms with E-state index >= 15 is 0 Å². The SMILES string of the molecule is CCOC(Cc1ccc(OCCc2nc(-c3ccccc3)oc2C)cc1C)C(=O)O. The molecule has 158 valence electrons. The van der Waals surface area contributed by atoms with Crippen LogP contribution >= 0.6 is 0 Å². The zero-order valence-corrected chi connectivity index (χ0v) is 17.6. The molecule has 6 nitrogen and oxygen atoms in total. The van der Waals surface area contributed by atoms with Crippen LogP contribution in [0, 0.1) is 13.8 Å². The van der Waals surface area contributed by atoms with Crippen molar-refractivity contribution in [3.8, 4) is 17.2 Å². The number of aromatic nitrogens is 1. The molecule has 0 radical (unpaired) electrons. The number of carboxylic acid groups (broad SMARTS) is 1. The van der Waals surface area contributed by atoms with E-state index in [2.05, 4.69) is 4.98 Å². The fourth-order valence-electron chi connectivity index (χ4n) is 3.24. The number of aryl methyl sites for hydroxylation is 2. The fraction of sp³-hybridized carbons (Fsp3) is 0.333. The lowest BCUT2D eigenvalue weighted by Crippen LogP contribution is -2.26. The Bertz CT molecular complexity index is 981. The maximum Gasteiger partial charge on any atom is 0.333 e. The third-order valence-corrected chi connectivity index (χ3v) is 4.88. The van der Waals surface area contributed by atoms with Crippen molar-refractivity contribution in [2.45, 2.75) is 39.7 Å². The van der Waals surface area contributed by atoms with Gasteiger partial charge in [0.15, 0.2) is 6.10 Å². The predicted molar refractivity (Wildman–Crippen MR) is 114 cm³/mol. The molecule has 1 heterocycles. The molecule has 1 aromatic heterocycles. The van der Waals surface area contributed by atoms with Crippen LogP contribution in [0.2, 0.25) is 0 Å². The highest BCUT2D eigenvalue weighted by molar-refractivity contribution is 5.72. The third-order valence-electron chi connectivity index (χ3n) is 4.88. The molecule has 2 aromatic carbocycles. The van der Waals surface area contributed by atoms with Crippen LogP contribution in [0.15, 0.2) is 52.9 Å². The predicted octanol–water partition coefficient (Wildman–Crippen LogP) is 4.61. The van der Waals surface area contributed by atoms with Crippen molar-refractivity contribution < 1.29 is 23.8 Å². The largest absolute Gasteiger partial charge is 0.493 e. The minimum absolute atomic E-state index is 0.329. The van der Waals surface area contributed by atoms with E-state index < -0.39 is 12.1 Å². The van der Waals surface area contributed by atoms with Gasteiger partial charge in [-0.3, -0.25) is 0 Å². The molecule has 0 aliphatic heterocycles. The molecule has 0 saturated heterocycles. The number of aliphatic carboxylic acids is 1. The number of rotatable bonds is 10. The topological polar surface area (TPSA) is 81.8 Å². The highest BCUT2D eigenvalue weighted by Crippen LogP contribution is 2.23. The molecule has 0 amide bonds. The summed E-state index contributed by atoms with van der Waals surface area (Å²) in [6.07, 6.45) is 0.124. The van der Waals surface area contributed by atoms with Crippen LogP contribution in [0.3, 0.4) is 0 Å². The van der Waals surface area contributed by atoms with Gasteiger partial charge in [0.05, 0.1) is 12.3 Å². The van der Waals surface area contributed by atoms with Crippen molar-refractivity contribution >= 4 is 5.97 Å². The number of oxazole rings is 1. The Morgan fingerprint density at radius 3 is 2.60 bits per heavy atom. The molecular weight excluding hydrogens is 382 g/mol. The van der Waals surface area contributed by atoms with Gasteiger partial charge in [-0.1, -0.05) is 24.3 Å². The average molecular weight is 409 g/mol. The van der Waals surface area contributed by atoms with Gasteiger partial charge < -0.3 is 19.0 Å². The first-order chi connectivity index (χ1) is 14.5. The molecule has 30 heavy (non-hydrogen) atoms. The molecule has 3 rings (SSSR count). The third kappa shape index (κ3) is 5.48. The lowest BCUT2D eigenvalue weighted by molar-refractivity contribution is -0.149. The van der Waals surface area contributed by atoms with Crippen LogP contribution in [-0.4, -0.2) is 35.4 Å². The van der Waals surface area contributed by atoms with Crippen LogP contribution in [-0.2, 0) is 22.4 Å². The Balaban J connectivity index is 1.58. The maximum absolute atomic E-state index is 11.3. The zero-order chi connectivity index (χ0) is 21.5. The van der Waals surface area contributed by atoms with Crippen LogP contribution in [0.1, 0.15) is 29.5 Å². The highest BCUT2D eigenvalue weighted by atomic mass is 16.5. The number of carbonyl (C=O) groups is 1. The standard InChI is InChI=1S/C24H27NO5/c1-4-28-22(24(26)27)15-19-10-11-20(14-16(19)2)29-13-12-21-17(3)30-23(25-21)18-8-6-5-7-9-18/h5-11,14,22H,4,12-13,15H2,1-3H3,(H,26,27). The number of hydrogen-bond donors (Lipinski definition) is 1. The van der Waals surface area contributed by atoms with Gasteiger partial charge in [-0.25, -0.2) is 9.78 Å². The molecule has 0 spiro atoms. The van der Waals surface area contributed by atoms with Gasteiger partial charge in [-0.15, -0.1) is 0 Å². The number of nitrogens with zero attached hydrogens (tertiary/aromatic N) is 1. The monoisotopic (exact) mass is 409 g/mol. The van der Waals surface area contributed by atoms with Crippen LogP contribution in [0.25, 0.3) is 11.5 Å². The minimum Gasteiger partial charge on any atom is -0.493 e. The minimum atomic E-state index is -0.950. The van der Waals surface area contributed by atoms with Gasteiger partial charge in [0.1, 0.15) is 11.5 Å². The van der Waals surface area contributed by atoms with Gasteiger partial charge >= 0.3 is 5.97 Å². The van der Waals surface area contributed by atoms with E-state index in [1.807, 2.05) is 62.4 Å². The fourth-order valence-corrected chi connectivity index (χ4v) is 3.24. The Hall–Kier alpha value is -3.12. The van der Waals surface area contributed by atoms with Crippen LogP contribution in [0.4, 0.5) is 0 Å². The van der Waals surface area contributed by atoms with Crippen molar-refractivity contribution in [2.24, 2.45) is 0 Å². The second-order valence-corrected chi connectivity index (χ2v) is 7.06. The lowest BCUT2D eigenvalue weighted by Gasteiger charge is -2.15. The molecule has 0 fully saturated rings. The Kier molecular flexibility index (Phi) is 7.25. The molecular formula is C24H27NO5. The summed E-state index contributed by atoms with van der Waals surface area (Å²) in [5.74, 6) is 1.20. The van der Waals surface area contributed by atoms with Crippen molar-refractivity contribution in [3.05, 3.63) is 71.1 Å². The summed E-state index contributed by atoms with van der Waals surface area (Å²) < 4.78 is 17.0. The second-order valence-electron chi connectivity index (χ2n) is 7.06. The maximum atomic E-state index is 11.3. The first-order valence-electron chi connectivity index (χ1n) is 10.1. The molecule has 1 unspecified atom stereocenters. The van der Waals surface area contributed by atoms with Crippen molar-refractivity contribution in [2.75, 3.05) is 13.2 Å². The molecule has 0 saturated carbocycles. The Morgan fingerprint density at radius 1 is 1.17 bits per heavy atom. The number of hydrogen-bond acceptors (Lipinski definition) is 5. The smallest absolute Gasteiger partial charge is 0.333 e. The Morgan fingerprint density at radius 2 is 1.93 bits per heavy atom. The van der Waals surface area contributed by atoms with Gasteiger partial charge in [-0.2, -0.15) is 0 Å². The molecule has 0 aliphatic carbocycles. The van der Waals surface area contributed by atoms with E-state index in [4.69, 9.17) is 13.9 Å². The van der Waals surface area contributed by atoms with Crippen molar-refractivity contribution in [1.82, 2.24) is 4.98 Å². The molecule has 3 aromatic rings.